The van der Waals surface area contributed by atoms with Crippen LogP contribution < -0.4 is 0 Å². The number of esters is 1. The maximum atomic E-state index is 11.6. The lowest BCUT2D eigenvalue weighted by atomic mass is 10.1. The van der Waals surface area contributed by atoms with Crippen molar-refractivity contribution in [2.75, 3.05) is 6.61 Å². The van der Waals surface area contributed by atoms with Crippen LogP contribution in [0.3, 0.4) is 0 Å². The summed E-state index contributed by atoms with van der Waals surface area (Å²) in [6.45, 7) is 6.71. The first-order chi connectivity index (χ1) is 7.38. The van der Waals surface area contributed by atoms with E-state index in [1.165, 1.54) is 0 Å². The van der Waals surface area contributed by atoms with Crippen LogP contribution in [-0.4, -0.2) is 16.0 Å². The number of benzene rings is 1. The summed E-state index contributed by atoms with van der Waals surface area (Å²) in [5.41, 5.74) is 1.77. The lowest BCUT2D eigenvalue weighted by Crippen LogP contribution is -2.15. The first kappa shape index (κ1) is 13.5. The maximum Gasteiger partial charge on any atom is 0.338 e. The van der Waals surface area contributed by atoms with Crippen molar-refractivity contribution in [2.24, 2.45) is 0 Å². The number of hydrogen-bond donors (Lipinski definition) is 0. The van der Waals surface area contributed by atoms with Gasteiger partial charge < -0.3 is 4.74 Å². The molecule has 0 saturated carbocycles. The number of ether oxygens (including phenoxy) is 1. The lowest BCUT2D eigenvalue weighted by molar-refractivity contribution is 0.0495. The molecule has 0 N–H and O–H groups in total. The fraction of sp³-hybridized carbons (Fsp3) is 0.462. The Balaban J connectivity index is 2.44. The van der Waals surface area contributed by atoms with Crippen LogP contribution in [0.4, 0.5) is 0 Å². The van der Waals surface area contributed by atoms with E-state index < -0.39 is 0 Å². The number of rotatable bonds is 4. The zero-order valence-corrected chi connectivity index (χ0v) is 12.1. The zero-order valence-electron chi connectivity index (χ0n) is 9.92. The highest BCUT2D eigenvalue weighted by Crippen LogP contribution is 2.21. The van der Waals surface area contributed by atoms with Crippen LogP contribution in [0.5, 0.6) is 0 Å². The molecule has 0 aromatic heterocycles. The average Bonchev–Trinajstić information content (AvgIpc) is 2.16. The molecule has 0 aliphatic rings. The molecule has 0 atom stereocenters. The molecule has 88 valence electrons. The molecule has 0 saturated heterocycles. The Hall–Kier alpha value is -0.580. The molecule has 0 bridgehead atoms. The van der Waals surface area contributed by atoms with Crippen molar-refractivity contribution in [3.63, 3.8) is 0 Å². The Morgan fingerprint density at radius 1 is 1.31 bits per heavy atom. The highest BCUT2D eigenvalue weighted by molar-refractivity contribution is 14.1. The molecule has 1 aromatic carbocycles. The molecule has 0 amide bonds. The van der Waals surface area contributed by atoms with Crippen LogP contribution in [0.15, 0.2) is 24.3 Å². The van der Waals surface area contributed by atoms with Crippen LogP contribution in [0, 0.1) is 6.92 Å². The Kier molecular flexibility index (Phi) is 4.77. The van der Waals surface area contributed by atoms with Gasteiger partial charge in [0.05, 0.1) is 12.2 Å². The van der Waals surface area contributed by atoms with Gasteiger partial charge >= 0.3 is 5.97 Å². The fourth-order valence-electron chi connectivity index (χ4n) is 1.16. The van der Waals surface area contributed by atoms with E-state index in [0.717, 1.165) is 12.0 Å². The minimum Gasteiger partial charge on any atom is -0.462 e. The fourth-order valence-corrected chi connectivity index (χ4v) is 1.38. The SMILES string of the molecule is Cc1ccc(C(=O)OCCC(C)(C)I)cc1. The van der Waals surface area contributed by atoms with E-state index in [4.69, 9.17) is 4.74 Å². The summed E-state index contributed by atoms with van der Waals surface area (Å²) in [5, 5.41) is 0. The summed E-state index contributed by atoms with van der Waals surface area (Å²) >= 11 is 2.35. The average molecular weight is 332 g/mol. The first-order valence-electron chi connectivity index (χ1n) is 5.31. The van der Waals surface area contributed by atoms with Crippen LogP contribution >= 0.6 is 22.6 Å². The van der Waals surface area contributed by atoms with E-state index in [9.17, 15) is 4.79 Å². The summed E-state index contributed by atoms with van der Waals surface area (Å²) in [5.74, 6) is -0.236. The third kappa shape index (κ3) is 4.96. The molecule has 0 aliphatic carbocycles. The van der Waals surface area contributed by atoms with Crippen molar-refractivity contribution in [3.05, 3.63) is 35.4 Å². The maximum absolute atomic E-state index is 11.6. The molecule has 2 nitrogen and oxygen atoms in total. The van der Waals surface area contributed by atoms with Crippen LogP contribution in [0.2, 0.25) is 0 Å². The van der Waals surface area contributed by atoms with Crippen LogP contribution in [-0.2, 0) is 4.74 Å². The van der Waals surface area contributed by atoms with Gasteiger partial charge in [0.15, 0.2) is 0 Å². The summed E-state index contributed by atoms with van der Waals surface area (Å²) in [7, 11) is 0. The lowest BCUT2D eigenvalue weighted by Gasteiger charge is -2.15. The largest absolute Gasteiger partial charge is 0.462 e. The summed E-state index contributed by atoms with van der Waals surface area (Å²) in [6, 6.07) is 7.43. The monoisotopic (exact) mass is 332 g/mol. The molecule has 0 unspecified atom stereocenters. The van der Waals surface area contributed by atoms with Gasteiger partial charge in [-0.25, -0.2) is 4.79 Å². The quantitative estimate of drug-likeness (QED) is 0.477. The minimum atomic E-state index is -0.236. The predicted octanol–water partition coefficient (Wildman–Crippen LogP) is 3.76. The van der Waals surface area contributed by atoms with Crippen molar-refractivity contribution in [1.29, 1.82) is 0 Å². The van der Waals surface area contributed by atoms with Crippen molar-refractivity contribution in [1.82, 2.24) is 0 Å². The van der Waals surface area contributed by atoms with Crippen molar-refractivity contribution < 1.29 is 9.53 Å². The van der Waals surface area contributed by atoms with E-state index in [1.54, 1.807) is 12.1 Å². The van der Waals surface area contributed by atoms with Gasteiger partial charge in [0.2, 0.25) is 0 Å². The summed E-state index contributed by atoms with van der Waals surface area (Å²) in [6.07, 6.45) is 0.866. The van der Waals surface area contributed by atoms with Crippen molar-refractivity contribution >= 4 is 28.6 Å². The molecular weight excluding hydrogens is 315 g/mol. The second-order valence-electron chi connectivity index (χ2n) is 4.47. The topological polar surface area (TPSA) is 26.3 Å². The van der Waals surface area contributed by atoms with Gasteiger partial charge in [-0.1, -0.05) is 54.1 Å². The van der Waals surface area contributed by atoms with E-state index in [-0.39, 0.29) is 9.39 Å². The standard InChI is InChI=1S/C13H17IO2/c1-10-4-6-11(7-5-10)12(15)16-9-8-13(2,3)14/h4-7H,8-9H2,1-3H3. The zero-order chi connectivity index (χ0) is 12.2. The number of carbonyl (C=O) groups excluding carboxylic acids is 1. The molecule has 3 heteroatoms. The highest BCUT2D eigenvalue weighted by Gasteiger charge is 2.14. The number of carbonyl (C=O) groups is 1. The van der Waals surface area contributed by atoms with Crippen molar-refractivity contribution in [2.45, 2.75) is 30.6 Å². The van der Waals surface area contributed by atoms with E-state index in [2.05, 4.69) is 36.4 Å². The van der Waals surface area contributed by atoms with Gasteiger partial charge in [-0.05, 0) is 25.5 Å². The molecule has 1 rings (SSSR count). The third-order valence-electron chi connectivity index (χ3n) is 2.22. The Labute approximate surface area is 111 Å². The third-order valence-corrected chi connectivity index (χ3v) is 2.76. The highest BCUT2D eigenvalue weighted by atomic mass is 127. The molecule has 1 aromatic rings. The normalized spacial score (nSPS) is 11.2. The van der Waals surface area contributed by atoms with Crippen LogP contribution in [0.1, 0.15) is 36.2 Å². The van der Waals surface area contributed by atoms with Crippen molar-refractivity contribution in [3.8, 4) is 0 Å². The Bertz CT molecular complexity index is 349. The molecule has 0 fully saturated rings. The molecule has 0 spiro atoms. The second kappa shape index (κ2) is 5.66. The van der Waals surface area contributed by atoms with Gasteiger partial charge in [0, 0.05) is 3.42 Å². The minimum absolute atomic E-state index is 0.172. The van der Waals surface area contributed by atoms with Gasteiger partial charge in [-0.2, -0.15) is 0 Å². The van der Waals surface area contributed by atoms with Crippen LogP contribution in [0.25, 0.3) is 0 Å². The number of halogens is 1. The van der Waals surface area contributed by atoms with Gasteiger partial charge in [0.25, 0.3) is 0 Å². The van der Waals surface area contributed by atoms with Gasteiger partial charge in [-0.3, -0.25) is 0 Å². The van der Waals surface area contributed by atoms with Gasteiger partial charge in [-0.15, -0.1) is 0 Å². The first-order valence-corrected chi connectivity index (χ1v) is 6.39. The Morgan fingerprint density at radius 2 is 1.88 bits per heavy atom. The van der Waals surface area contributed by atoms with E-state index in [0.29, 0.717) is 12.2 Å². The van der Waals surface area contributed by atoms with E-state index >= 15 is 0 Å². The predicted molar refractivity (Wildman–Crippen MR) is 74.2 cm³/mol. The molecule has 0 heterocycles. The number of aryl methyl sites for hydroxylation is 1. The molecule has 16 heavy (non-hydrogen) atoms. The number of hydrogen-bond acceptors (Lipinski definition) is 2. The van der Waals surface area contributed by atoms with E-state index in [1.807, 2.05) is 19.1 Å². The summed E-state index contributed by atoms with van der Waals surface area (Å²) in [4.78, 5) is 11.6. The Morgan fingerprint density at radius 3 is 2.38 bits per heavy atom. The molecule has 0 aliphatic heterocycles. The number of alkyl halides is 1. The summed E-state index contributed by atoms with van der Waals surface area (Å²) < 4.78 is 5.37. The molecule has 0 radical (unpaired) electrons. The molecular formula is C13H17IO2. The smallest absolute Gasteiger partial charge is 0.338 e. The second-order valence-corrected chi connectivity index (χ2v) is 7.39. The van der Waals surface area contributed by atoms with Gasteiger partial charge in [0.1, 0.15) is 0 Å².